The van der Waals surface area contributed by atoms with E-state index >= 15 is 0 Å². The first-order valence-corrected chi connectivity index (χ1v) is 9.37. The predicted molar refractivity (Wildman–Crippen MR) is 110 cm³/mol. The van der Waals surface area contributed by atoms with Gasteiger partial charge in [0.1, 0.15) is 6.33 Å². The summed E-state index contributed by atoms with van der Waals surface area (Å²) in [4.78, 5) is 16.2. The second kappa shape index (κ2) is 7.72. The summed E-state index contributed by atoms with van der Waals surface area (Å²) in [7, 11) is 0. The number of carbonyl (C=O) groups is 1. The first kappa shape index (κ1) is 18.6. The fraction of sp³-hybridized carbons (Fsp3) is 0.125. The highest BCUT2D eigenvalue weighted by molar-refractivity contribution is 5.56. The Morgan fingerprint density at radius 2 is 1.24 bits per heavy atom. The van der Waals surface area contributed by atoms with Crippen molar-refractivity contribution in [2.24, 2.45) is 0 Å². The summed E-state index contributed by atoms with van der Waals surface area (Å²) in [5.74, 6) is 0.459. The molecule has 0 amide bonds. The number of carbonyl (C=O) groups excluding carboxylic acids is 1. The Hall–Kier alpha value is -3.73. The standard InChI is InChI=1S/C24H21N3O2/c1-23(29-18-28,22-25-17-26-27-22)24(19-11-5-2-6-12-19,20-13-7-3-8-14-20)21-15-9-4-10-16-21/h2-18H,1H3,(H,25,26,27). The maximum Gasteiger partial charge on any atom is 0.294 e. The molecule has 1 heterocycles. The maximum absolute atomic E-state index is 11.8. The Balaban J connectivity index is 2.18. The minimum atomic E-state index is -1.20. The number of nitrogens with zero attached hydrogens (tertiary/aromatic N) is 2. The van der Waals surface area contributed by atoms with Crippen LogP contribution >= 0.6 is 0 Å². The van der Waals surface area contributed by atoms with E-state index < -0.39 is 11.0 Å². The summed E-state index contributed by atoms with van der Waals surface area (Å²) in [5.41, 5.74) is 0.835. The zero-order chi connectivity index (χ0) is 20.2. The molecule has 0 aliphatic rings. The maximum atomic E-state index is 11.8. The lowest BCUT2D eigenvalue weighted by Crippen LogP contribution is -2.51. The highest BCUT2D eigenvalue weighted by atomic mass is 16.5. The molecule has 144 valence electrons. The largest absolute Gasteiger partial charge is 0.452 e. The van der Waals surface area contributed by atoms with Crippen molar-refractivity contribution in [3.63, 3.8) is 0 Å². The van der Waals surface area contributed by atoms with Gasteiger partial charge in [-0.25, -0.2) is 4.98 Å². The minimum Gasteiger partial charge on any atom is -0.452 e. The van der Waals surface area contributed by atoms with Crippen LogP contribution in [-0.4, -0.2) is 21.7 Å². The third kappa shape index (κ3) is 2.91. The van der Waals surface area contributed by atoms with Gasteiger partial charge in [-0.1, -0.05) is 91.0 Å². The van der Waals surface area contributed by atoms with E-state index in [9.17, 15) is 4.79 Å². The van der Waals surface area contributed by atoms with Gasteiger partial charge in [0.2, 0.25) is 0 Å². The summed E-state index contributed by atoms with van der Waals surface area (Å²) < 4.78 is 5.89. The highest BCUT2D eigenvalue weighted by Crippen LogP contribution is 2.52. The van der Waals surface area contributed by atoms with Crippen LogP contribution in [0.2, 0.25) is 0 Å². The van der Waals surface area contributed by atoms with Gasteiger partial charge < -0.3 is 4.74 Å². The van der Waals surface area contributed by atoms with Crippen molar-refractivity contribution in [1.29, 1.82) is 0 Å². The summed E-state index contributed by atoms with van der Waals surface area (Å²) in [6.07, 6.45) is 1.42. The lowest BCUT2D eigenvalue weighted by Gasteiger charge is -2.47. The Bertz CT molecular complexity index is 955. The van der Waals surface area contributed by atoms with Crippen LogP contribution in [0.3, 0.4) is 0 Å². The molecule has 0 saturated heterocycles. The zero-order valence-electron chi connectivity index (χ0n) is 16.0. The molecule has 4 rings (SSSR count). The Morgan fingerprint density at radius 1 is 0.793 bits per heavy atom. The van der Waals surface area contributed by atoms with Gasteiger partial charge in [0.25, 0.3) is 6.47 Å². The number of hydrogen-bond donors (Lipinski definition) is 1. The molecule has 1 atom stereocenters. The molecule has 0 aliphatic carbocycles. The van der Waals surface area contributed by atoms with E-state index in [1.54, 1.807) is 0 Å². The summed E-state index contributed by atoms with van der Waals surface area (Å²) in [6.45, 7) is 2.35. The van der Waals surface area contributed by atoms with Crippen LogP contribution in [0.5, 0.6) is 0 Å². The van der Waals surface area contributed by atoms with Gasteiger partial charge in [-0.3, -0.25) is 9.89 Å². The molecule has 5 heteroatoms. The molecule has 0 saturated carbocycles. The minimum absolute atomic E-state index is 0.459. The van der Waals surface area contributed by atoms with Crippen molar-refractivity contribution in [2.45, 2.75) is 17.9 Å². The van der Waals surface area contributed by atoms with E-state index in [4.69, 9.17) is 4.74 Å². The fourth-order valence-electron chi connectivity index (χ4n) is 4.24. The third-order valence-corrected chi connectivity index (χ3v) is 5.49. The number of ether oxygens (including phenoxy) is 1. The molecule has 0 fully saturated rings. The molecule has 0 aliphatic heterocycles. The van der Waals surface area contributed by atoms with Crippen LogP contribution < -0.4 is 0 Å². The molecule has 0 radical (unpaired) electrons. The van der Waals surface area contributed by atoms with E-state index in [1.807, 2.05) is 97.9 Å². The molecule has 1 aromatic heterocycles. The number of hydrogen-bond acceptors (Lipinski definition) is 4. The lowest BCUT2D eigenvalue weighted by molar-refractivity contribution is -0.149. The SMILES string of the molecule is CC(OC=O)(c1ncn[nH]1)C(c1ccccc1)(c1ccccc1)c1ccccc1. The quantitative estimate of drug-likeness (QED) is 0.383. The van der Waals surface area contributed by atoms with Crippen LogP contribution in [0, 0.1) is 0 Å². The molecule has 29 heavy (non-hydrogen) atoms. The molecular weight excluding hydrogens is 362 g/mol. The van der Waals surface area contributed by atoms with Crippen molar-refractivity contribution >= 4 is 6.47 Å². The Kier molecular flexibility index (Phi) is 4.96. The second-order valence-corrected chi connectivity index (χ2v) is 6.93. The number of nitrogens with one attached hydrogen (secondary N) is 1. The van der Waals surface area contributed by atoms with E-state index in [1.165, 1.54) is 6.33 Å². The van der Waals surface area contributed by atoms with E-state index in [0.717, 1.165) is 16.7 Å². The normalized spacial score (nSPS) is 13.4. The molecule has 3 aromatic carbocycles. The first-order valence-electron chi connectivity index (χ1n) is 9.37. The Morgan fingerprint density at radius 3 is 1.59 bits per heavy atom. The molecule has 5 nitrogen and oxygen atoms in total. The number of aromatic nitrogens is 3. The van der Waals surface area contributed by atoms with Crippen molar-refractivity contribution in [1.82, 2.24) is 15.2 Å². The number of H-pyrrole nitrogens is 1. The number of benzene rings is 3. The lowest BCUT2D eigenvalue weighted by atomic mass is 9.59. The Labute approximate surface area is 169 Å². The van der Waals surface area contributed by atoms with E-state index in [-0.39, 0.29) is 0 Å². The van der Waals surface area contributed by atoms with Gasteiger partial charge in [0.05, 0.1) is 5.41 Å². The highest BCUT2D eigenvalue weighted by Gasteiger charge is 2.56. The van der Waals surface area contributed by atoms with Crippen LogP contribution in [0.1, 0.15) is 29.4 Å². The van der Waals surface area contributed by atoms with Crippen LogP contribution in [0.15, 0.2) is 97.3 Å². The summed E-state index contributed by atoms with van der Waals surface area (Å²) in [6, 6.07) is 30.1. The van der Waals surface area contributed by atoms with Gasteiger partial charge in [0.15, 0.2) is 11.4 Å². The van der Waals surface area contributed by atoms with Gasteiger partial charge in [0, 0.05) is 0 Å². The van der Waals surface area contributed by atoms with Gasteiger partial charge in [-0.15, -0.1) is 0 Å². The van der Waals surface area contributed by atoms with Gasteiger partial charge in [-0.2, -0.15) is 5.10 Å². The monoisotopic (exact) mass is 383 g/mol. The van der Waals surface area contributed by atoms with Crippen LogP contribution in [0.4, 0.5) is 0 Å². The molecule has 0 spiro atoms. The second-order valence-electron chi connectivity index (χ2n) is 6.93. The van der Waals surface area contributed by atoms with Crippen LogP contribution in [0.25, 0.3) is 0 Å². The number of aromatic amines is 1. The predicted octanol–water partition coefficient (Wildman–Crippen LogP) is 4.23. The molecule has 1 unspecified atom stereocenters. The average Bonchev–Trinajstić information content (AvgIpc) is 3.33. The smallest absolute Gasteiger partial charge is 0.294 e. The summed E-state index contributed by atoms with van der Waals surface area (Å²) in [5, 5.41) is 6.97. The molecular formula is C24H21N3O2. The van der Waals surface area contributed by atoms with Crippen molar-refractivity contribution in [3.05, 3.63) is 120 Å². The van der Waals surface area contributed by atoms with E-state index in [2.05, 4.69) is 15.2 Å². The molecule has 1 N–H and O–H groups in total. The first-order chi connectivity index (χ1) is 14.2. The van der Waals surface area contributed by atoms with Gasteiger partial charge in [-0.05, 0) is 23.6 Å². The van der Waals surface area contributed by atoms with E-state index in [0.29, 0.717) is 12.3 Å². The van der Waals surface area contributed by atoms with Crippen LogP contribution in [-0.2, 0) is 20.5 Å². The zero-order valence-corrected chi connectivity index (χ0v) is 16.0. The third-order valence-electron chi connectivity index (χ3n) is 5.49. The summed E-state index contributed by atoms with van der Waals surface area (Å²) >= 11 is 0. The van der Waals surface area contributed by atoms with Gasteiger partial charge >= 0.3 is 0 Å². The average molecular weight is 383 g/mol. The topological polar surface area (TPSA) is 67.9 Å². The van der Waals surface area contributed by atoms with Crippen molar-refractivity contribution in [3.8, 4) is 0 Å². The van der Waals surface area contributed by atoms with Crippen molar-refractivity contribution in [2.75, 3.05) is 0 Å². The fourth-order valence-corrected chi connectivity index (χ4v) is 4.24. The molecule has 4 aromatic rings. The molecule has 0 bridgehead atoms. The van der Waals surface area contributed by atoms with Crippen molar-refractivity contribution < 1.29 is 9.53 Å². The number of rotatable bonds is 7.